The van der Waals surface area contributed by atoms with E-state index in [4.69, 9.17) is 16.7 Å². The Balaban J connectivity index is 2.49. The van der Waals surface area contributed by atoms with E-state index in [1.165, 1.54) is 16.2 Å². The number of thiophene rings is 1. The summed E-state index contributed by atoms with van der Waals surface area (Å²) in [6.45, 7) is 2.19. The first-order valence-corrected chi connectivity index (χ1v) is 5.82. The number of carbonyl (C=O) groups is 1. The number of carboxylic acid groups (broad SMARTS) is 1. The van der Waals surface area contributed by atoms with Crippen LogP contribution in [-0.2, 0) is 12.8 Å². The number of hydrogen-bond donors (Lipinski definition) is 1. The maximum atomic E-state index is 11.0. The molecule has 2 nitrogen and oxygen atoms in total. The highest BCUT2D eigenvalue weighted by atomic mass is 35.5. The molecule has 2 rings (SSSR count). The molecule has 0 aromatic carbocycles. The largest absolute Gasteiger partial charge is 0.478 e. The van der Waals surface area contributed by atoms with Crippen molar-refractivity contribution in [2.45, 2.75) is 26.2 Å². The zero-order valence-electron chi connectivity index (χ0n) is 7.84. The fourth-order valence-corrected chi connectivity index (χ4v) is 3.63. The van der Waals surface area contributed by atoms with E-state index in [1.54, 1.807) is 0 Å². The van der Waals surface area contributed by atoms with Gasteiger partial charge >= 0.3 is 5.97 Å². The molecule has 1 aromatic heterocycles. The normalized spacial score (nSPS) is 20.6. The SMILES string of the molecule is CC1CCc2c(sc(Cl)c2C(=O)O)C1. The van der Waals surface area contributed by atoms with E-state index >= 15 is 0 Å². The average Bonchev–Trinajstić information content (AvgIpc) is 2.39. The average molecular weight is 231 g/mol. The third-order valence-electron chi connectivity index (χ3n) is 2.68. The molecule has 0 saturated carbocycles. The summed E-state index contributed by atoms with van der Waals surface area (Å²) in [4.78, 5) is 12.1. The van der Waals surface area contributed by atoms with Gasteiger partial charge < -0.3 is 5.11 Å². The van der Waals surface area contributed by atoms with Crippen LogP contribution in [0, 0.1) is 5.92 Å². The van der Waals surface area contributed by atoms with Gasteiger partial charge in [-0.15, -0.1) is 11.3 Å². The Kier molecular flexibility index (Phi) is 2.54. The molecule has 1 N–H and O–H groups in total. The molecule has 0 bridgehead atoms. The van der Waals surface area contributed by atoms with Gasteiger partial charge in [0.2, 0.25) is 0 Å². The van der Waals surface area contributed by atoms with Gasteiger partial charge in [0.05, 0.1) is 5.56 Å². The number of hydrogen-bond acceptors (Lipinski definition) is 2. The van der Waals surface area contributed by atoms with Crippen LogP contribution in [0.15, 0.2) is 0 Å². The Morgan fingerprint density at radius 3 is 3.00 bits per heavy atom. The van der Waals surface area contributed by atoms with Crippen LogP contribution in [0.25, 0.3) is 0 Å². The predicted molar refractivity (Wildman–Crippen MR) is 57.5 cm³/mol. The number of fused-ring (bicyclic) bond motifs is 1. The van der Waals surface area contributed by atoms with Gasteiger partial charge in [-0.2, -0.15) is 0 Å². The van der Waals surface area contributed by atoms with Crippen LogP contribution in [0.4, 0.5) is 0 Å². The van der Waals surface area contributed by atoms with E-state index in [2.05, 4.69) is 6.92 Å². The molecule has 1 unspecified atom stereocenters. The second kappa shape index (κ2) is 3.55. The van der Waals surface area contributed by atoms with Gasteiger partial charge in [0.1, 0.15) is 4.34 Å². The molecular weight excluding hydrogens is 220 g/mol. The van der Waals surface area contributed by atoms with Gasteiger partial charge in [-0.25, -0.2) is 4.79 Å². The molecule has 1 heterocycles. The van der Waals surface area contributed by atoms with Gasteiger partial charge in [-0.05, 0) is 30.7 Å². The van der Waals surface area contributed by atoms with Crippen LogP contribution in [0.2, 0.25) is 4.34 Å². The number of aromatic carboxylic acids is 1. The van der Waals surface area contributed by atoms with E-state index in [9.17, 15) is 4.79 Å². The third kappa shape index (κ3) is 1.55. The van der Waals surface area contributed by atoms with Crippen LogP contribution in [0.5, 0.6) is 0 Å². The van der Waals surface area contributed by atoms with Crippen LogP contribution >= 0.6 is 22.9 Å². The third-order valence-corrected chi connectivity index (χ3v) is 4.15. The first kappa shape index (κ1) is 9.99. The van der Waals surface area contributed by atoms with Crippen molar-refractivity contribution >= 4 is 28.9 Å². The topological polar surface area (TPSA) is 37.3 Å². The number of halogens is 1. The molecule has 0 amide bonds. The summed E-state index contributed by atoms with van der Waals surface area (Å²) in [5, 5.41) is 9.00. The molecule has 14 heavy (non-hydrogen) atoms. The second-order valence-corrected chi connectivity index (χ2v) is 5.51. The quantitative estimate of drug-likeness (QED) is 0.804. The minimum atomic E-state index is -0.887. The van der Waals surface area contributed by atoms with E-state index in [0.717, 1.165) is 24.8 Å². The van der Waals surface area contributed by atoms with E-state index in [1.807, 2.05) is 0 Å². The molecule has 76 valence electrons. The highest BCUT2D eigenvalue weighted by Crippen LogP contribution is 2.38. The fourth-order valence-electron chi connectivity index (χ4n) is 1.93. The van der Waals surface area contributed by atoms with Crippen LogP contribution in [0.1, 0.15) is 34.1 Å². The predicted octanol–water partition coefficient (Wildman–Crippen LogP) is 3.22. The van der Waals surface area contributed by atoms with Crippen LogP contribution < -0.4 is 0 Å². The number of rotatable bonds is 1. The minimum Gasteiger partial charge on any atom is -0.478 e. The second-order valence-electron chi connectivity index (χ2n) is 3.81. The highest BCUT2D eigenvalue weighted by Gasteiger charge is 2.26. The molecule has 1 aliphatic carbocycles. The van der Waals surface area contributed by atoms with Crippen molar-refractivity contribution in [2.75, 3.05) is 0 Å². The van der Waals surface area contributed by atoms with Crippen molar-refractivity contribution in [2.24, 2.45) is 5.92 Å². The summed E-state index contributed by atoms with van der Waals surface area (Å²) in [7, 11) is 0. The van der Waals surface area contributed by atoms with E-state index in [0.29, 0.717) is 15.8 Å². The lowest BCUT2D eigenvalue weighted by molar-refractivity contribution is 0.0696. The zero-order chi connectivity index (χ0) is 10.3. The zero-order valence-corrected chi connectivity index (χ0v) is 9.41. The molecule has 0 radical (unpaired) electrons. The van der Waals surface area contributed by atoms with Gasteiger partial charge in [0.25, 0.3) is 0 Å². The van der Waals surface area contributed by atoms with Crippen molar-refractivity contribution in [3.63, 3.8) is 0 Å². The summed E-state index contributed by atoms with van der Waals surface area (Å²) in [6, 6.07) is 0. The summed E-state index contributed by atoms with van der Waals surface area (Å²) in [5.41, 5.74) is 1.32. The molecule has 1 atom stereocenters. The molecule has 1 aliphatic rings. The highest BCUT2D eigenvalue weighted by molar-refractivity contribution is 7.16. The first-order chi connectivity index (χ1) is 6.59. The molecule has 0 aliphatic heterocycles. The smallest absolute Gasteiger partial charge is 0.338 e. The van der Waals surface area contributed by atoms with Gasteiger partial charge in [-0.3, -0.25) is 0 Å². The van der Waals surface area contributed by atoms with Crippen molar-refractivity contribution < 1.29 is 9.90 Å². The molecule has 4 heteroatoms. The first-order valence-electron chi connectivity index (χ1n) is 4.63. The summed E-state index contributed by atoms with van der Waals surface area (Å²) < 4.78 is 0.441. The van der Waals surface area contributed by atoms with Crippen molar-refractivity contribution in [3.05, 3.63) is 20.3 Å². The molecular formula is C10H11ClO2S. The van der Waals surface area contributed by atoms with E-state index in [-0.39, 0.29) is 0 Å². The van der Waals surface area contributed by atoms with Crippen molar-refractivity contribution in [1.29, 1.82) is 0 Å². The Hall–Kier alpha value is -0.540. The fraction of sp³-hybridized carbons (Fsp3) is 0.500. The van der Waals surface area contributed by atoms with Crippen molar-refractivity contribution in [3.8, 4) is 0 Å². The Morgan fingerprint density at radius 1 is 1.64 bits per heavy atom. The molecule has 0 spiro atoms. The maximum Gasteiger partial charge on any atom is 0.338 e. The summed E-state index contributed by atoms with van der Waals surface area (Å²) in [5.74, 6) is -0.235. The lowest BCUT2D eigenvalue weighted by Gasteiger charge is -2.17. The maximum absolute atomic E-state index is 11.0. The number of carboxylic acids is 1. The van der Waals surface area contributed by atoms with Gasteiger partial charge in [-0.1, -0.05) is 18.5 Å². The minimum absolute atomic E-state index is 0.346. The van der Waals surface area contributed by atoms with Gasteiger partial charge in [0.15, 0.2) is 0 Å². The Labute approximate surface area is 91.5 Å². The lowest BCUT2D eigenvalue weighted by atomic mass is 9.88. The monoisotopic (exact) mass is 230 g/mol. The summed E-state index contributed by atoms with van der Waals surface area (Å²) in [6.07, 6.45) is 2.91. The van der Waals surface area contributed by atoms with Crippen LogP contribution in [-0.4, -0.2) is 11.1 Å². The molecule has 1 aromatic rings. The Morgan fingerprint density at radius 2 is 2.36 bits per heavy atom. The lowest BCUT2D eigenvalue weighted by Crippen LogP contribution is -2.11. The van der Waals surface area contributed by atoms with Crippen LogP contribution in [0.3, 0.4) is 0 Å². The summed E-state index contributed by atoms with van der Waals surface area (Å²) >= 11 is 7.35. The van der Waals surface area contributed by atoms with E-state index < -0.39 is 5.97 Å². The standard InChI is InChI=1S/C10H11ClO2S/c1-5-2-3-6-7(4-5)14-9(11)8(6)10(12)13/h5H,2-4H2,1H3,(H,12,13). The molecule has 0 fully saturated rings. The molecule has 0 saturated heterocycles. The van der Waals surface area contributed by atoms with Gasteiger partial charge in [0, 0.05) is 4.88 Å². The van der Waals surface area contributed by atoms with Crippen molar-refractivity contribution in [1.82, 2.24) is 0 Å². The Bertz CT molecular complexity index is 384.